The van der Waals surface area contributed by atoms with Gasteiger partial charge in [-0.3, -0.25) is 0 Å². The molecule has 0 bridgehead atoms. The molecule has 2 nitrogen and oxygen atoms in total. The van der Waals surface area contributed by atoms with Crippen molar-refractivity contribution < 1.29 is 9.90 Å². The summed E-state index contributed by atoms with van der Waals surface area (Å²) in [5.41, 5.74) is 1.35. The first kappa shape index (κ1) is 14.1. The third-order valence-electron chi connectivity index (χ3n) is 3.14. The minimum Gasteiger partial charge on any atom is -0.478 e. The Morgan fingerprint density at radius 1 is 1.05 bits per heavy atom. The van der Waals surface area contributed by atoms with Gasteiger partial charge in [0.1, 0.15) is 0 Å². The van der Waals surface area contributed by atoms with Crippen LogP contribution in [0.3, 0.4) is 0 Å². The van der Waals surface area contributed by atoms with Gasteiger partial charge in [-0.25, -0.2) is 4.79 Å². The molecular weight excluding hydrogens is 248 g/mol. The molecule has 0 aromatic heterocycles. The van der Waals surface area contributed by atoms with Crippen molar-refractivity contribution in [1.82, 2.24) is 0 Å². The van der Waals surface area contributed by atoms with E-state index in [1.165, 1.54) is 16.3 Å². The number of fused-ring (bicyclic) bond motifs is 1. The predicted molar refractivity (Wildman–Crippen MR) is 82.8 cm³/mol. The van der Waals surface area contributed by atoms with Gasteiger partial charge in [-0.1, -0.05) is 60.7 Å². The maximum absolute atomic E-state index is 10.3. The fourth-order valence-electron chi connectivity index (χ4n) is 2.13. The van der Waals surface area contributed by atoms with Gasteiger partial charge in [0.25, 0.3) is 0 Å². The number of rotatable bonds is 6. The molecule has 2 aromatic rings. The van der Waals surface area contributed by atoms with Crippen LogP contribution in [-0.4, -0.2) is 11.1 Å². The van der Waals surface area contributed by atoms with Crippen LogP contribution < -0.4 is 0 Å². The van der Waals surface area contributed by atoms with Gasteiger partial charge in [-0.15, -0.1) is 0 Å². The lowest BCUT2D eigenvalue weighted by molar-refractivity contribution is -0.131. The molecule has 0 radical (unpaired) electrons. The molecule has 0 amide bonds. The molecule has 0 saturated heterocycles. The lowest BCUT2D eigenvalue weighted by Crippen LogP contribution is -1.85. The Morgan fingerprint density at radius 3 is 2.65 bits per heavy atom. The SMILES string of the molecule is O=C(O)/C=C/C=CCCCc1ccc2ccccc2c1. The molecule has 0 heterocycles. The average Bonchev–Trinajstić information content (AvgIpc) is 2.46. The standard InChI is InChI=1S/C18H18O2/c19-18(20)11-5-3-1-2-4-8-15-12-13-16-9-6-7-10-17(16)14-15/h1,3,5-7,9-14H,2,4,8H2,(H,19,20)/b3-1?,11-5+. The Bertz CT molecular complexity index is 639. The summed E-state index contributed by atoms with van der Waals surface area (Å²) in [6, 6.07) is 14.9. The van der Waals surface area contributed by atoms with Crippen LogP contribution in [0, 0.1) is 0 Å². The Morgan fingerprint density at radius 2 is 1.85 bits per heavy atom. The van der Waals surface area contributed by atoms with Gasteiger partial charge in [-0.05, 0) is 35.6 Å². The minimum absolute atomic E-state index is 0.911. The van der Waals surface area contributed by atoms with Crippen LogP contribution in [0.25, 0.3) is 10.8 Å². The molecule has 0 aliphatic rings. The van der Waals surface area contributed by atoms with Crippen LogP contribution in [0.1, 0.15) is 18.4 Å². The number of carbonyl (C=O) groups is 1. The highest BCUT2D eigenvalue weighted by Crippen LogP contribution is 2.17. The van der Waals surface area contributed by atoms with Crippen LogP contribution >= 0.6 is 0 Å². The minimum atomic E-state index is -0.911. The first-order chi connectivity index (χ1) is 9.75. The van der Waals surface area contributed by atoms with Gasteiger partial charge in [0.2, 0.25) is 0 Å². The van der Waals surface area contributed by atoms with E-state index in [0.29, 0.717) is 0 Å². The van der Waals surface area contributed by atoms with Gasteiger partial charge in [0.05, 0.1) is 0 Å². The fourth-order valence-corrected chi connectivity index (χ4v) is 2.13. The monoisotopic (exact) mass is 266 g/mol. The maximum atomic E-state index is 10.3. The molecule has 0 saturated carbocycles. The highest BCUT2D eigenvalue weighted by Gasteiger charge is 1.95. The number of carboxylic acid groups (broad SMARTS) is 1. The molecule has 0 atom stereocenters. The summed E-state index contributed by atoms with van der Waals surface area (Å²) in [5, 5.41) is 11.0. The lowest BCUT2D eigenvalue weighted by atomic mass is 10.0. The van der Waals surface area contributed by atoms with Crippen molar-refractivity contribution in [1.29, 1.82) is 0 Å². The Balaban J connectivity index is 1.82. The zero-order valence-corrected chi connectivity index (χ0v) is 11.3. The first-order valence-corrected chi connectivity index (χ1v) is 6.79. The summed E-state index contributed by atoms with van der Waals surface area (Å²) < 4.78 is 0. The number of unbranched alkanes of at least 4 members (excludes halogenated alkanes) is 1. The fraction of sp³-hybridized carbons (Fsp3) is 0.167. The van der Waals surface area contributed by atoms with E-state index in [9.17, 15) is 4.79 Å². The normalized spacial score (nSPS) is 11.6. The zero-order chi connectivity index (χ0) is 14.2. The maximum Gasteiger partial charge on any atom is 0.328 e. The van der Waals surface area contributed by atoms with E-state index in [1.54, 1.807) is 12.2 Å². The van der Waals surface area contributed by atoms with Crippen molar-refractivity contribution in [3.05, 3.63) is 72.3 Å². The highest BCUT2D eigenvalue weighted by atomic mass is 16.4. The van der Waals surface area contributed by atoms with Gasteiger partial charge in [0, 0.05) is 6.08 Å². The second-order valence-corrected chi connectivity index (χ2v) is 4.70. The Hall–Kier alpha value is -2.35. The molecule has 2 heteroatoms. The number of benzene rings is 2. The number of allylic oxidation sites excluding steroid dienone is 3. The van der Waals surface area contributed by atoms with Crippen LogP contribution in [-0.2, 0) is 11.2 Å². The van der Waals surface area contributed by atoms with Crippen molar-refractivity contribution in [2.75, 3.05) is 0 Å². The molecular formula is C18H18O2. The molecule has 20 heavy (non-hydrogen) atoms. The topological polar surface area (TPSA) is 37.3 Å². The lowest BCUT2D eigenvalue weighted by Gasteiger charge is -2.02. The largest absolute Gasteiger partial charge is 0.478 e. The average molecular weight is 266 g/mol. The van der Waals surface area contributed by atoms with E-state index in [2.05, 4.69) is 42.5 Å². The van der Waals surface area contributed by atoms with E-state index in [1.807, 2.05) is 6.08 Å². The smallest absolute Gasteiger partial charge is 0.328 e. The van der Waals surface area contributed by atoms with Crippen LogP contribution in [0.4, 0.5) is 0 Å². The van der Waals surface area contributed by atoms with Crippen molar-refractivity contribution in [2.24, 2.45) is 0 Å². The quantitative estimate of drug-likeness (QED) is 0.479. The number of aliphatic carboxylic acids is 1. The van der Waals surface area contributed by atoms with Gasteiger partial charge < -0.3 is 5.11 Å². The molecule has 0 spiro atoms. The summed E-state index contributed by atoms with van der Waals surface area (Å²) in [6.07, 6.45) is 9.54. The number of carboxylic acids is 1. The molecule has 102 valence electrons. The Labute approximate surface area is 119 Å². The molecule has 0 fully saturated rings. The summed E-state index contributed by atoms with van der Waals surface area (Å²) in [6.45, 7) is 0. The highest BCUT2D eigenvalue weighted by molar-refractivity contribution is 5.83. The second-order valence-electron chi connectivity index (χ2n) is 4.70. The van der Waals surface area contributed by atoms with Crippen LogP contribution in [0.5, 0.6) is 0 Å². The third-order valence-corrected chi connectivity index (χ3v) is 3.14. The van der Waals surface area contributed by atoms with E-state index < -0.39 is 5.97 Å². The molecule has 1 N–H and O–H groups in total. The van der Waals surface area contributed by atoms with Crippen molar-refractivity contribution in [3.63, 3.8) is 0 Å². The summed E-state index contributed by atoms with van der Waals surface area (Å²) in [7, 11) is 0. The predicted octanol–water partition coefficient (Wildman–Crippen LogP) is 4.36. The molecule has 0 unspecified atom stereocenters. The van der Waals surface area contributed by atoms with Gasteiger partial charge in [-0.2, -0.15) is 0 Å². The van der Waals surface area contributed by atoms with Gasteiger partial charge >= 0.3 is 5.97 Å². The van der Waals surface area contributed by atoms with Crippen LogP contribution in [0.2, 0.25) is 0 Å². The van der Waals surface area contributed by atoms with Crippen molar-refractivity contribution in [2.45, 2.75) is 19.3 Å². The van der Waals surface area contributed by atoms with Crippen LogP contribution in [0.15, 0.2) is 66.8 Å². The molecule has 0 aliphatic carbocycles. The van der Waals surface area contributed by atoms with Gasteiger partial charge in [0.15, 0.2) is 0 Å². The number of aryl methyl sites for hydroxylation is 1. The molecule has 2 aromatic carbocycles. The van der Waals surface area contributed by atoms with E-state index >= 15 is 0 Å². The molecule has 2 rings (SSSR count). The number of hydrogen-bond donors (Lipinski definition) is 1. The summed E-state index contributed by atoms with van der Waals surface area (Å²) in [4.78, 5) is 10.3. The summed E-state index contributed by atoms with van der Waals surface area (Å²) in [5.74, 6) is -0.911. The van der Waals surface area contributed by atoms with E-state index in [0.717, 1.165) is 25.3 Å². The second kappa shape index (κ2) is 7.29. The zero-order valence-electron chi connectivity index (χ0n) is 11.3. The number of hydrogen-bond acceptors (Lipinski definition) is 1. The van der Waals surface area contributed by atoms with Crippen molar-refractivity contribution in [3.8, 4) is 0 Å². The van der Waals surface area contributed by atoms with E-state index in [-0.39, 0.29) is 0 Å². The Kier molecular flexibility index (Phi) is 5.13. The first-order valence-electron chi connectivity index (χ1n) is 6.79. The third kappa shape index (κ3) is 4.39. The van der Waals surface area contributed by atoms with Crippen molar-refractivity contribution >= 4 is 16.7 Å². The molecule has 0 aliphatic heterocycles. The summed E-state index contributed by atoms with van der Waals surface area (Å²) >= 11 is 0. The van der Waals surface area contributed by atoms with E-state index in [4.69, 9.17) is 5.11 Å².